The molecule has 2 N–H and O–H groups in total. The highest BCUT2D eigenvalue weighted by Crippen LogP contribution is 2.25. The third-order valence-electron chi connectivity index (χ3n) is 2.90. The van der Waals surface area contributed by atoms with Crippen LogP contribution < -0.4 is 10.1 Å². The average Bonchev–Trinajstić information content (AvgIpc) is 2.47. The molecule has 2 aromatic carbocycles. The van der Waals surface area contributed by atoms with E-state index < -0.39 is 17.8 Å². The number of nitrogens with one attached hydrogen (secondary N) is 1. The van der Waals surface area contributed by atoms with Crippen molar-refractivity contribution in [3.05, 3.63) is 58.3 Å². The topological polar surface area (TPSA) is 58.6 Å². The van der Waals surface area contributed by atoms with E-state index in [9.17, 15) is 14.3 Å². The van der Waals surface area contributed by atoms with Crippen molar-refractivity contribution >= 4 is 27.6 Å². The first kappa shape index (κ1) is 15.3. The van der Waals surface area contributed by atoms with Gasteiger partial charge in [0, 0.05) is 11.8 Å². The maximum absolute atomic E-state index is 13.6. The molecular formula is C15H13BrFNO3. The molecule has 0 amide bonds. The van der Waals surface area contributed by atoms with Gasteiger partial charge in [0.1, 0.15) is 11.6 Å². The Labute approximate surface area is 129 Å². The van der Waals surface area contributed by atoms with Crippen LogP contribution in [-0.4, -0.2) is 18.2 Å². The van der Waals surface area contributed by atoms with Crippen molar-refractivity contribution in [1.29, 1.82) is 0 Å². The van der Waals surface area contributed by atoms with Crippen molar-refractivity contribution in [3.63, 3.8) is 0 Å². The summed E-state index contributed by atoms with van der Waals surface area (Å²) in [5.74, 6) is -1.00. The second kappa shape index (κ2) is 6.58. The molecule has 0 aliphatic rings. The van der Waals surface area contributed by atoms with Gasteiger partial charge in [0.15, 0.2) is 6.04 Å². The lowest BCUT2D eigenvalue weighted by molar-refractivity contribution is -0.138. The summed E-state index contributed by atoms with van der Waals surface area (Å²) in [5.41, 5.74) is 0.899. The summed E-state index contributed by atoms with van der Waals surface area (Å²) in [6.07, 6.45) is 0. The highest BCUT2D eigenvalue weighted by molar-refractivity contribution is 9.10. The van der Waals surface area contributed by atoms with Gasteiger partial charge in [-0.3, -0.25) is 0 Å². The monoisotopic (exact) mass is 353 g/mol. The molecule has 21 heavy (non-hydrogen) atoms. The van der Waals surface area contributed by atoms with Gasteiger partial charge in [-0.1, -0.05) is 12.1 Å². The number of hydrogen-bond donors (Lipinski definition) is 2. The van der Waals surface area contributed by atoms with Crippen LogP contribution >= 0.6 is 15.9 Å². The minimum atomic E-state index is -1.10. The maximum Gasteiger partial charge on any atom is 0.330 e. The first-order chi connectivity index (χ1) is 10.0. The van der Waals surface area contributed by atoms with Crippen molar-refractivity contribution in [2.75, 3.05) is 12.4 Å². The van der Waals surface area contributed by atoms with Crippen LogP contribution in [0, 0.1) is 5.82 Å². The molecule has 0 saturated heterocycles. The van der Waals surface area contributed by atoms with Crippen LogP contribution in [0.2, 0.25) is 0 Å². The number of methoxy groups -OCH3 is 1. The molecule has 0 bridgehead atoms. The fourth-order valence-corrected chi connectivity index (χ4v) is 2.11. The minimum absolute atomic E-state index is 0.289. The summed E-state index contributed by atoms with van der Waals surface area (Å²) in [6, 6.07) is 10.0. The third kappa shape index (κ3) is 3.72. The van der Waals surface area contributed by atoms with Crippen molar-refractivity contribution < 1.29 is 19.0 Å². The van der Waals surface area contributed by atoms with Gasteiger partial charge in [-0.15, -0.1) is 0 Å². The Morgan fingerprint density at radius 1 is 1.33 bits per heavy atom. The Morgan fingerprint density at radius 3 is 2.71 bits per heavy atom. The molecule has 0 radical (unpaired) electrons. The normalized spacial score (nSPS) is 11.8. The number of ether oxygens (including phenoxy) is 1. The van der Waals surface area contributed by atoms with Gasteiger partial charge in [-0.05, 0) is 45.8 Å². The second-order valence-corrected chi connectivity index (χ2v) is 5.18. The molecule has 2 rings (SSSR count). The summed E-state index contributed by atoms with van der Waals surface area (Å²) >= 11 is 3.04. The summed E-state index contributed by atoms with van der Waals surface area (Å²) in [4.78, 5) is 11.4. The van der Waals surface area contributed by atoms with Gasteiger partial charge in [-0.2, -0.15) is 0 Å². The van der Waals surface area contributed by atoms with Gasteiger partial charge in [-0.25, -0.2) is 9.18 Å². The largest absolute Gasteiger partial charge is 0.497 e. The fourth-order valence-electron chi connectivity index (χ4n) is 1.86. The Balaban J connectivity index is 2.30. The zero-order chi connectivity index (χ0) is 15.4. The lowest BCUT2D eigenvalue weighted by Crippen LogP contribution is -2.20. The van der Waals surface area contributed by atoms with Crippen molar-refractivity contribution in [2.24, 2.45) is 0 Å². The first-order valence-corrected chi connectivity index (χ1v) is 6.89. The minimum Gasteiger partial charge on any atom is -0.497 e. The maximum atomic E-state index is 13.6. The molecule has 110 valence electrons. The highest BCUT2D eigenvalue weighted by atomic mass is 79.9. The van der Waals surface area contributed by atoms with Crippen LogP contribution in [0.4, 0.5) is 10.1 Å². The molecule has 0 fully saturated rings. The van der Waals surface area contributed by atoms with Gasteiger partial charge in [0.05, 0.1) is 11.6 Å². The van der Waals surface area contributed by atoms with Gasteiger partial charge in [0.2, 0.25) is 0 Å². The summed E-state index contributed by atoms with van der Waals surface area (Å²) < 4.78 is 18.9. The molecule has 0 aromatic heterocycles. The number of rotatable bonds is 5. The average molecular weight is 354 g/mol. The Hall–Kier alpha value is -2.08. The van der Waals surface area contributed by atoms with Crippen LogP contribution in [-0.2, 0) is 4.79 Å². The summed E-state index contributed by atoms with van der Waals surface area (Å²) in [7, 11) is 1.53. The number of carboxylic acid groups (broad SMARTS) is 1. The van der Waals surface area contributed by atoms with Crippen molar-refractivity contribution in [3.8, 4) is 5.75 Å². The quantitative estimate of drug-likeness (QED) is 0.857. The fraction of sp³-hybridized carbons (Fsp3) is 0.133. The predicted octanol–water partition coefficient (Wildman–Crippen LogP) is 3.83. The van der Waals surface area contributed by atoms with E-state index in [1.54, 1.807) is 30.3 Å². The van der Waals surface area contributed by atoms with E-state index in [-0.39, 0.29) is 4.47 Å². The van der Waals surface area contributed by atoms with Gasteiger partial charge < -0.3 is 15.2 Å². The molecule has 0 aliphatic carbocycles. The van der Waals surface area contributed by atoms with Crippen LogP contribution in [0.15, 0.2) is 46.9 Å². The Bertz CT molecular complexity index is 663. The van der Waals surface area contributed by atoms with Gasteiger partial charge >= 0.3 is 5.97 Å². The SMILES string of the molecule is COc1cccc(NC(C(=O)O)c2ccc(Br)c(F)c2)c1. The predicted molar refractivity (Wildman–Crippen MR) is 81.1 cm³/mol. The highest BCUT2D eigenvalue weighted by Gasteiger charge is 2.20. The van der Waals surface area contributed by atoms with Gasteiger partial charge in [0.25, 0.3) is 0 Å². The number of benzene rings is 2. The molecule has 0 saturated carbocycles. The van der Waals surface area contributed by atoms with E-state index in [2.05, 4.69) is 21.2 Å². The smallest absolute Gasteiger partial charge is 0.330 e. The molecule has 0 spiro atoms. The van der Waals surface area contributed by atoms with Crippen molar-refractivity contribution in [1.82, 2.24) is 0 Å². The van der Waals surface area contributed by atoms with Crippen LogP contribution in [0.5, 0.6) is 5.75 Å². The van der Waals surface area contributed by atoms with Crippen LogP contribution in [0.25, 0.3) is 0 Å². The second-order valence-electron chi connectivity index (χ2n) is 4.32. The third-order valence-corrected chi connectivity index (χ3v) is 3.55. The van der Waals surface area contributed by atoms with E-state index in [4.69, 9.17) is 4.74 Å². The Morgan fingerprint density at radius 2 is 2.10 bits per heavy atom. The number of halogens is 2. The number of anilines is 1. The molecule has 2 aromatic rings. The van der Waals surface area contributed by atoms with E-state index in [0.717, 1.165) is 0 Å². The number of carboxylic acids is 1. The molecule has 1 atom stereocenters. The van der Waals surface area contributed by atoms with E-state index in [1.807, 2.05) is 0 Å². The van der Waals surface area contributed by atoms with E-state index in [0.29, 0.717) is 17.0 Å². The van der Waals surface area contributed by atoms with Crippen molar-refractivity contribution in [2.45, 2.75) is 6.04 Å². The molecule has 0 heterocycles. The number of aliphatic carboxylic acids is 1. The number of carbonyl (C=O) groups is 1. The van der Waals surface area contributed by atoms with Crippen LogP contribution in [0.1, 0.15) is 11.6 Å². The van der Waals surface area contributed by atoms with E-state index >= 15 is 0 Å². The molecule has 4 nitrogen and oxygen atoms in total. The first-order valence-electron chi connectivity index (χ1n) is 6.09. The lowest BCUT2D eigenvalue weighted by Gasteiger charge is -2.17. The Kier molecular flexibility index (Phi) is 4.80. The number of hydrogen-bond acceptors (Lipinski definition) is 3. The zero-order valence-corrected chi connectivity index (χ0v) is 12.7. The zero-order valence-electron chi connectivity index (χ0n) is 11.1. The standard InChI is InChI=1S/C15H13BrFNO3/c1-21-11-4-2-3-10(8-11)18-14(15(19)20)9-5-6-12(16)13(17)7-9/h2-8,14,18H,1H3,(H,19,20). The summed E-state index contributed by atoms with van der Waals surface area (Å²) in [5, 5.41) is 12.2. The lowest BCUT2D eigenvalue weighted by atomic mass is 10.1. The molecule has 6 heteroatoms. The molecular weight excluding hydrogens is 341 g/mol. The molecule has 1 unspecified atom stereocenters. The summed E-state index contributed by atoms with van der Waals surface area (Å²) in [6.45, 7) is 0. The van der Waals surface area contributed by atoms with Crippen LogP contribution in [0.3, 0.4) is 0 Å². The van der Waals surface area contributed by atoms with E-state index in [1.165, 1.54) is 19.2 Å². The molecule has 0 aliphatic heterocycles.